The van der Waals surface area contributed by atoms with Gasteiger partial charge in [0, 0.05) is 0 Å². The summed E-state index contributed by atoms with van der Waals surface area (Å²) in [5.74, 6) is -1.62. The van der Waals surface area contributed by atoms with E-state index < -0.39 is 11.8 Å². The van der Waals surface area contributed by atoms with Crippen molar-refractivity contribution >= 4 is 5.97 Å². The molecule has 0 bridgehead atoms. The lowest BCUT2D eigenvalue weighted by atomic mass is 10.1. The van der Waals surface area contributed by atoms with E-state index in [-0.39, 0.29) is 12.2 Å². The number of hydrogen-bond donors (Lipinski definition) is 1. The summed E-state index contributed by atoms with van der Waals surface area (Å²) in [5, 5.41) is 17.5. The van der Waals surface area contributed by atoms with Gasteiger partial charge in [0.1, 0.15) is 18.2 Å². The van der Waals surface area contributed by atoms with Crippen molar-refractivity contribution in [2.75, 3.05) is 0 Å². The highest BCUT2D eigenvalue weighted by molar-refractivity contribution is 5.87. The van der Waals surface area contributed by atoms with Crippen molar-refractivity contribution in [1.82, 2.24) is 0 Å². The topological polar surface area (TPSA) is 70.3 Å². The van der Waals surface area contributed by atoms with Crippen molar-refractivity contribution < 1.29 is 19.0 Å². The quantitative estimate of drug-likeness (QED) is 0.928. The Balaban J connectivity index is 2.09. The Hall–Kier alpha value is -2.87. The van der Waals surface area contributed by atoms with Gasteiger partial charge in [-0.3, -0.25) is 0 Å². The summed E-state index contributed by atoms with van der Waals surface area (Å²) in [6.45, 7) is 0.0890. The molecule has 0 radical (unpaired) electrons. The van der Waals surface area contributed by atoms with Gasteiger partial charge >= 0.3 is 5.97 Å². The molecule has 0 fully saturated rings. The van der Waals surface area contributed by atoms with Gasteiger partial charge in [0.15, 0.2) is 0 Å². The Bertz CT molecular complexity index is 692. The highest BCUT2D eigenvalue weighted by atomic mass is 19.1. The molecule has 2 aromatic carbocycles. The zero-order chi connectivity index (χ0) is 14.5. The standard InChI is InChI=1S/C15H10FNO3/c16-14-7-11(4-5-13(14)15(18)19)9-20-12-3-1-2-10(6-12)8-17/h1-7H,9H2,(H,18,19). The van der Waals surface area contributed by atoms with Crippen LogP contribution in [0.15, 0.2) is 42.5 Å². The first-order valence-corrected chi connectivity index (χ1v) is 5.75. The van der Waals surface area contributed by atoms with Gasteiger partial charge in [0.05, 0.1) is 17.2 Å². The number of ether oxygens (including phenoxy) is 1. The van der Waals surface area contributed by atoms with Crippen LogP contribution in [0.3, 0.4) is 0 Å². The molecule has 2 aromatic rings. The summed E-state index contributed by atoms with van der Waals surface area (Å²) in [6.07, 6.45) is 0. The fourth-order valence-corrected chi connectivity index (χ4v) is 1.64. The van der Waals surface area contributed by atoms with Crippen LogP contribution in [-0.4, -0.2) is 11.1 Å². The van der Waals surface area contributed by atoms with E-state index in [2.05, 4.69) is 0 Å². The van der Waals surface area contributed by atoms with Crippen LogP contribution in [0.25, 0.3) is 0 Å². The smallest absolute Gasteiger partial charge is 0.338 e. The van der Waals surface area contributed by atoms with E-state index in [4.69, 9.17) is 15.1 Å². The second-order valence-corrected chi connectivity index (χ2v) is 4.05. The molecule has 0 saturated heterocycles. The van der Waals surface area contributed by atoms with E-state index >= 15 is 0 Å². The number of carboxylic acids is 1. The summed E-state index contributed by atoms with van der Waals surface area (Å²) < 4.78 is 18.9. The van der Waals surface area contributed by atoms with Gasteiger partial charge in [0.25, 0.3) is 0 Å². The van der Waals surface area contributed by atoms with E-state index in [1.165, 1.54) is 12.1 Å². The second-order valence-electron chi connectivity index (χ2n) is 4.05. The first-order chi connectivity index (χ1) is 9.60. The molecule has 2 rings (SSSR count). The molecule has 0 unspecified atom stereocenters. The molecule has 100 valence electrons. The lowest BCUT2D eigenvalue weighted by Gasteiger charge is -2.07. The third-order valence-electron chi connectivity index (χ3n) is 2.63. The van der Waals surface area contributed by atoms with E-state index in [1.54, 1.807) is 24.3 Å². The molecule has 0 aliphatic carbocycles. The Morgan fingerprint density at radius 1 is 1.30 bits per heavy atom. The molecule has 0 aromatic heterocycles. The van der Waals surface area contributed by atoms with E-state index in [0.717, 1.165) is 6.07 Å². The highest BCUT2D eigenvalue weighted by Gasteiger charge is 2.10. The molecular formula is C15H10FNO3. The average molecular weight is 271 g/mol. The van der Waals surface area contributed by atoms with Gasteiger partial charge in [0.2, 0.25) is 0 Å². The minimum absolute atomic E-state index is 0.0890. The molecule has 0 aliphatic heterocycles. The third kappa shape index (κ3) is 3.12. The number of carbonyl (C=O) groups is 1. The van der Waals surface area contributed by atoms with E-state index in [1.807, 2.05) is 6.07 Å². The Labute approximate surface area is 114 Å². The van der Waals surface area contributed by atoms with E-state index in [0.29, 0.717) is 16.9 Å². The Morgan fingerprint density at radius 2 is 2.10 bits per heavy atom. The molecule has 4 nitrogen and oxygen atoms in total. The molecule has 0 aliphatic rings. The fraction of sp³-hybridized carbons (Fsp3) is 0.0667. The lowest BCUT2D eigenvalue weighted by molar-refractivity contribution is 0.0692. The van der Waals surface area contributed by atoms with Crippen molar-refractivity contribution in [3.8, 4) is 11.8 Å². The van der Waals surface area contributed by atoms with Crippen molar-refractivity contribution in [3.63, 3.8) is 0 Å². The van der Waals surface area contributed by atoms with Gasteiger partial charge in [-0.05, 0) is 35.9 Å². The number of rotatable bonds is 4. The van der Waals surface area contributed by atoms with Crippen LogP contribution in [-0.2, 0) is 6.61 Å². The number of nitriles is 1. The predicted molar refractivity (Wildman–Crippen MR) is 68.8 cm³/mol. The largest absolute Gasteiger partial charge is 0.489 e. The van der Waals surface area contributed by atoms with Gasteiger partial charge in [-0.1, -0.05) is 12.1 Å². The normalized spacial score (nSPS) is 9.80. The van der Waals surface area contributed by atoms with Crippen LogP contribution < -0.4 is 4.74 Å². The number of halogens is 1. The zero-order valence-electron chi connectivity index (χ0n) is 10.3. The molecule has 0 saturated carbocycles. The first kappa shape index (κ1) is 13.6. The van der Waals surface area contributed by atoms with Crippen LogP contribution in [0, 0.1) is 17.1 Å². The van der Waals surface area contributed by atoms with Gasteiger partial charge < -0.3 is 9.84 Å². The Morgan fingerprint density at radius 3 is 2.75 bits per heavy atom. The van der Waals surface area contributed by atoms with E-state index in [9.17, 15) is 9.18 Å². The van der Waals surface area contributed by atoms with Crippen LogP contribution in [0.2, 0.25) is 0 Å². The van der Waals surface area contributed by atoms with Crippen molar-refractivity contribution in [1.29, 1.82) is 5.26 Å². The third-order valence-corrected chi connectivity index (χ3v) is 2.63. The maximum Gasteiger partial charge on any atom is 0.338 e. The molecule has 20 heavy (non-hydrogen) atoms. The minimum atomic E-state index is -1.31. The van der Waals surface area contributed by atoms with Crippen molar-refractivity contribution in [2.24, 2.45) is 0 Å². The Kier molecular flexibility index (Phi) is 3.96. The maximum absolute atomic E-state index is 13.5. The molecule has 1 N–H and O–H groups in total. The fourth-order valence-electron chi connectivity index (χ4n) is 1.64. The summed E-state index contributed by atoms with van der Waals surface area (Å²) >= 11 is 0. The molecule has 0 atom stereocenters. The molecule has 0 amide bonds. The first-order valence-electron chi connectivity index (χ1n) is 5.75. The summed E-state index contributed by atoms with van der Waals surface area (Å²) in [6, 6.07) is 12.4. The second kappa shape index (κ2) is 5.85. The van der Waals surface area contributed by atoms with Gasteiger partial charge in [-0.2, -0.15) is 5.26 Å². The summed E-state index contributed by atoms with van der Waals surface area (Å²) in [5.41, 5.74) is 0.602. The maximum atomic E-state index is 13.5. The number of benzene rings is 2. The molecule has 0 heterocycles. The predicted octanol–water partition coefficient (Wildman–Crippen LogP) is 2.97. The van der Waals surface area contributed by atoms with Crippen molar-refractivity contribution in [2.45, 2.75) is 6.61 Å². The molecule has 5 heteroatoms. The number of hydrogen-bond acceptors (Lipinski definition) is 3. The number of nitrogens with zero attached hydrogens (tertiary/aromatic N) is 1. The summed E-state index contributed by atoms with van der Waals surface area (Å²) in [7, 11) is 0. The average Bonchev–Trinajstić information content (AvgIpc) is 2.45. The lowest BCUT2D eigenvalue weighted by Crippen LogP contribution is -2.03. The highest BCUT2D eigenvalue weighted by Crippen LogP contribution is 2.16. The molecular weight excluding hydrogens is 261 g/mol. The number of carboxylic acid groups (broad SMARTS) is 1. The number of aromatic carboxylic acids is 1. The SMILES string of the molecule is N#Cc1cccc(OCc2ccc(C(=O)O)c(F)c2)c1. The van der Waals surface area contributed by atoms with Crippen LogP contribution in [0.4, 0.5) is 4.39 Å². The van der Waals surface area contributed by atoms with Gasteiger partial charge in [-0.25, -0.2) is 9.18 Å². The monoisotopic (exact) mass is 271 g/mol. The van der Waals surface area contributed by atoms with Gasteiger partial charge in [-0.15, -0.1) is 0 Å². The van der Waals surface area contributed by atoms with Crippen LogP contribution >= 0.6 is 0 Å². The molecule has 0 spiro atoms. The minimum Gasteiger partial charge on any atom is -0.489 e. The zero-order valence-corrected chi connectivity index (χ0v) is 10.3. The van der Waals surface area contributed by atoms with Crippen LogP contribution in [0.5, 0.6) is 5.75 Å². The van der Waals surface area contributed by atoms with Crippen LogP contribution in [0.1, 0.15) is 21.5 Å². The van der Waals surface area contributed by atoms with Crippen molar-refractivity contribution in [3.05, 3.63) is 65.0 Å². The summed E-state index contributed by atoms with van der Waals surface area (Å²) in [4.78, 5) is 10.7.